The SMILES string of the molecule is CCCCC(CC)COC(=O)CCSc1ccc2cn(C)nc2c1Cl. The molecule has 1 aromatic carbocycles. The maximum absolute atomic E-state index is 11.9. The standard InChI is InChI=1S/C19H27ClN2O2S/c1-4-6-7-14(5-2)13-24-17(23)10-11-25-16-9-8-15-12-22(3)21-19(15)18(16)20/h8-9,12,14H,4-7,10-11,13H2,1-3H3. The van der Waals surface area contributed by atoms with Gasteiger partial charge in [-0.15, -0.1) is 11.8 Å². The third-order valence-electron chi connectivity index (χ3n) is 4.28. The van der Waals surface area contributed by atoms with Crippen LogP contribution in [0.3, 0.4) is 0 Å². The Morgan fingerprint density at radius 1 is 1.40 bits per heavy atom. The second-order valence-corrected chi connectivity index (χ2v) is 7.83. The van der Waals surface area contributed by atoms with Crippen molar-refractivity contribution in [2.45, 2.75) is 50.8 Å². The van der Waals surface area contributed by atoms with E-state index in [1.165, 1.54) is 12.8 Å². The molecule has 25 heavy (non-hydrogen) atoms. The molecule has 0 radical (unpaired) electrons. The first-order valence-corrected chi connectivity index (χ1v) is 10.3. The number of ether oxygens (including phenoxy) is 1. The fraction of sp³-hybridized carbons (Fsp3) is 0.579. The number of rotatable bonds is 10. The first-order chi connectivity index (χ1) is 12.0. The van der Waals surface area contributed by atoms with E-state index in [1.807, 2.05) is 25.4 Å². The maximum atomic E-state index is 11.9. The summed E-state index contributed by atoms with van der Waals surface area (Å²) in [7, 11) is 1.88. The van der Waals surface area contributed by atoms with Gasteiger partial charge in [-0.3, -0.25) is 9.48 Å². The molecule has 2 rings (SSSR count). The van der Waals surface area contributed by atoms with Crippen molar-refractivity contribution >= 4 is 40.2 Å². The van der Waals surface area contributed by atoms with E-state index in [1.54, 1.807) is 16.4 Å². The minimum absolute atomic E-state index is 0.127. The fourth-order valence-corrected chi connectivity index (χ4v) is 3.94. The average Bonchev–Trinajstić information content (AvgIpc) is 2.98. The number of fused-ring (bicyclic) bond motifs is 1. The van der Waals surface area contributed by atoms with Crippen molar-refractivity contribution in [1.29, 1.82) is 0 Å². The van der Waals surface area contributed by atoms with Crippen LogP contribution in [0.4, 0.5) is 0 Å². The van der Waals surface area contributed by atoms with E-state index in [2.05, 4.69) is 18.9 Å². The minimum Gasteiger partial charge on any atom is -0.465 e. The maximum Gasteiger partial charge on any atom is 0.306 e. The fourth-order valence-electron chi connectivity index (χ4n) is 2.69. The molecule has 0 aliphatic heterocycles. The molecule has 0 spiro atoms. The van der Waals surface area contributed by atoms with Crippen LogP contribution >= 0.6 is 23.4 Å². The monoisotopic (exact) mass is 382 g/mol. The highest BCUT2D eigenvalue weighted by molar-refractivity contribution is 7.99. The third-order valence-corrected chi connectivity index (χ3v) is 5.84. The van der Waals surface area contributed by atoms with E-state index < -0.39 is 0 Å². The van der Waals surface area contributed by atoms with E-state index in [0.717, 1.165) is 28.6 Å². The van der Waals surface area contributed by atoms with Crippen LogP contribution in [0, 0.1) is 5.92 Å². The van der Waals surface area contributed by atoms with Gasteiger partial charge in [-0.2, -0.15) is 5.10 Å². The first-order valence-electron chi connectivity index (χ1n) is 8.95. The lowest BCUT2D eigenvalue weighted by Gasteiger charge is -2.14. The molecule has 1 unspecified atom stereocenters. The number of hydrogen-bond donors (Lipinski definition) is 0. The van der Waals surface area contributed by atoms with E-state index in [9.17, 15) is 4.79 Å². The molecular weight excluding hydrogens is 356 g/mol. The van der Waals surface area contributed by atoms with E-state index in [0.29, 0.717) is 29.7 Å². The second kappa shape index (κ2) is 10.1. The number of esters is 1. The van der Waals surface area contributed by atoms with Gasteiger partial charge in [0, 0.05) is 29.3 Å². The average molecular weight is 383 g/mol. The molecule has 0 amide bonds. The van der Waals surface area contributed by atoms with Crippen molar-refractivity contribution in [1.82, 2.24) is 9.78 Å². The number of halogens is 1. The van der Waals surface area contributed by atoms with Crippen LogP contribution < -0.4 is 0 Å². The molecule has 0 fully saturated rings. The molecule has 1 atom stereocenters. The molecule has 0 aliphatic carbocycles. The van der Waals surface area contributed by atoms with E-state index in [4.69, 9.17) is 16.3 Å². The molecule has 0 bridgehead atoms. The van der Waals surface area contributed by atoms with Crippen molar-refractivity contribution in [3.63, 3.8) is 0 Å². The van der Waals surface area contributed by atoms with Gasteiger partial charge < -0.3 is 4.74 Å². The number of aromatic nitrogens is 2. The van der Waals surface area contributed by atoms with Crippen LogP contribution in [0.25, 0.3) is 10.9 Å². The smallest absolute Gasteiger partial charge is 0.306 e. The van der Waals surface area contributed by atoms with E-state index in [-0.39, 0.29) is 5.97 Å². The number of benzene rings is 1. The van der Waals surface area contributed by atoms with Crippen molar-refractivity contribution < 1.29 is 9.53 Å². The summed E-state index contributed by atoms with van der Waals surface area (Å²) in [5.41, 5.74) is 0.804. The highest BCUT2D eigenvalue weighted by Gasteiger charge is 2.12. The number of nitrogens with zero attached hydrogens (tertiary/aromatic N) is 2. The lowest BCUT2D eigenvalue weighted by atomic mass is 10.0. The molecule has 0 N–H and O–H groups in total. The Morgan fingerprint density at radius 2 is 2.20 bits per heavy atom. The van der Waals surface area contributed by atoms with Crippen LogP contribution in [-0.4, -0.2) is 28.1 Å². The zero-order valence-corrected chi connectivity index (χ0v) is 16.8. The highest BCUT2D eigenvalue weighted by atomic mass is 35.5. The molecular formula is C19H27ClN2O2S. The Hall–Kier alpha value is -1.20. The molecule has 6 heteroatoms. The molecule has 138 valence electrons. The Bertz CT molecular complexity index is 702. The molecule has 0 saturated heterocycles. The number of carbonyl (C=O) groups is 1. The van der Waals surface area contributed by atoms with Crippen molar-refractivity contribution in [2.75, 3.05) is 12.4 Å². The van der Waals surface area contributed by atoms with Crippen molar-refractivity contribution in [3.8, 4) is 0 Å². The largest absolute Gasteiger partial charge is 0.465 e. The van der Waals surface area contributed by atoms with Gasteiger partial charge in [-0.1, -0.05) is 44.7 Å². The Labute approximate surface area is 159 Å². The summed E-state index contributed by atoms with van der Waals surface area (Å²) in [6.07, 6.45) is 6.90. The quantitative estimate of drug-likeness (QED) is 0.403. The molecule has 4 nitrogen and oxygen atoms in total. The molecule has 0 aliphatic rings. The van der Waals surface area contributed by atoms with Gasteiger partial charge in [0.2, 0.25) is 0 Å². The summed E-state index contributed by atoms with van der Waals surface area (Å²) in [6, 6.07) is 3.99. The lowest BCUT2D eigenvalue weighted by molar-refractivity contribution is -0.144. The summed E-state index contributed by atoms with van der Waals surface area (Å²) in [5, 5.41) is 6.06. The zero-order valence-electron chi connectivity index (χ0n) is 15.3. The summed E-state index contributed by atoms with van der Waals surface area (Å²) in [4.78, 5) is 12.9. The normalized spacial score (nSPS) is 12.5. The van der Waals surface area contributed by atoms with Gasteiger partial charge >= 0.3 is 5.97 Å². The number of aryl methyl sites for hydroxylation is 1. The first kappa shape index (κ1) is 20.1. The van der Waals surface area contributed by atoms with Crippen LogP contribution in [0.2, 0.25) is 5.02 Å². The molecule has 2 aromatic rings. The summed E-state index contributed by atoms with van der Waals surface area (Å²) in [5.74, 6) is 1.01. The highest BCUT2D eigenvalue weighted by Crippen LogP contribution is 2.33. The second-order valence-electron chi connectivity index (χ2n) is 6.32. The van der Waals surface area contributed by atoms with Gasteiger partial charge in [0.05, 0.1) is 18.1 Å². The van der Waals surface area contributed by atoms with Gasteiger partial charge in [0.15, 0.2) is 0 Å². The topological polar surface area (TPSA) is 44.1 Å². The lowest BCUT2D eigenvalue weighted by Crippen LogP contribution is -2.14. The van der Waals surface area contributed by atoms with Crippen molar-refractivity contribution in [3.05, 3.63) is 23.4 Å². The Balaban J connectivity index is 1.78. The third kappa shape index (κ3) is 5.93. The molecule has 1 aromatic heterocycles. The zero-order chi connectivity index (χ0) is 18.2. The summed E-state index contributed by atoms with van der Waals surface area (Å²) >= 11 is 8.00. The van der Waals surface area contributed by atoms with Crippen LogP contribution in [0.15, 0.2) is 23.2 Å². The summed E-state index contributed by atoms with van der Waals surface area (Å²) in [6.45, 7) is 4.88. The predicted octanol–water partition coefficient (Wildman–Crippen LogP) is 5.47. The van der Waals surface area contributed by atoms with E-state index >= 15 is 0 Å². The number of carbonyl (C=O) groups excluding carboxylic acids is 1. The molecule has 0 saturated carbocycles. The van der Waals surface area contributed by atoms with Crippen LogP contribution in [0.1, 0.15) is 46.0 Å². The van der Waals surface area contributed by atoms with Gasteiger partial charge in [0.1, 0.15) is 5.52 Å². The minimum atomic E-state index is -0.127. The van der Waals surface area contributed by atoms with Crippen LogP contribution in [0.5, 0.6) is 0 Å². The van der Waals surface area contributed by atoms with Gasteiger partial charge in [-0.05, 0) is 24.5 Å². The van der Waals surface area contributed by atoms with Gasteiger partial charge in [-0.25, -0.2) is 0 Å². The van der Waals surface area contributed by atoms with Crippen molar-refractivity contribution in [2.24, 2.45) is 13.0 Å². The predicted molar refractivity (Wildman–Crippen MR) is 105 cm³/mol. The number of unbranched alkanes of at least 4 members (excludes halogenated alkanes) is 1. The van der Waals surface area contributed by atoms with Crippen LogP contribution in [-0.2, 0) is 16.6 Å². The number of hydrogen-bond acceptors (Lipinski definition) is 4. The summed E-state index contributed by atoms with van der Waals surface area (Å²) < 4.78 is 7.19. The van der Waals surface area contributed by atoms with Gasteiger partial charge in [0.25, 0.3) is 0 Å². The Kier molecular flexibility index (Phi) is 8.10. The number of thioether (sulfide) groups is 1. The molecule has 1 heterocycles. The Morgan fingerprint density at radius 3 is 2.92 bits per heavy atom.